The molecule has 0 aliphatic rings. The molecule has 1 aromatic heterocycles. The van der Waals surface area contributed by atoms with Crippen LogP contribution in [0, 0.1) is 5.41 Å². The summed E-state index contributed by atoms with van der Waals surface area (Å²) in [5, 5.41) is 0. The fourth-order valence-electron chi connectivity index (χ4n) is 3.17. The van der Waals surface area contributed by atoms with Gasteiger partial charge in [0.15, 0.2) is 0 Å². The SMILES string of the molecule is CCCCc1cnc(N(CCC(C)(C)CC)C(CCC)CCC)nc1. The van der Waals surface area contributed by atoms with E-state index in [1.165, 1.54) is 56.9 Å². The maximum atomic E-state index is 4.76. The summed E-state index contributed by atoms with van der Waals surface area (Å²) in [5.41, 5.74) is 1.64. The van der Waals surface area contributed by atoms with Gasteiger partial charge < -0.3 is 4.90 Å². The van der Waals surface area contributed by atoms with Crippen LogP contribution >= 0.6 is 0 Å². The van der Waals surface area contributed by atoms with Crippen molar-refractivity contribution in [2.75, 3.05) is 11.4 Å². The Kier molecular flexibility index (Phi) is 10.1. The average molecular weight is 348 g/mol. The van der Waals surface area contributed by atoms with Crippen LogP contribution in [-0.2, 0) is 6.42 Å². The van der Waals surface area contributed by atoms with Crippen LogP contribution < -0.4 is 4.90 Å². The molecule has 0 unspecified atom stereocenters. The van der Waals surface area contributed by atoms with Gasteiger partial charge in [-0.1, -0.05) is 67.2 Å². The minimum atomic E-state index is 0.377. The first kappa shape index (κ1) is 21.9. The Morgan fingerprint density at radius 2 is 1.56 bits per heavy atom. The molecular formula is C22H41N3. The molecule has 0 amide bonds. The molecule has 1 heterocycles. The van der Waals surface area contributed by atoms with Gasteiger partial charge in [-0.15, -0.1) is 0 Å². The van der Waals surface area contributed by atoms with Gasteiger partial charge in [0.1, 0.15) is 0 Å². The molecule has 0 aliphatic carbocycles. The second-order valence-corrected chi connectivity index (χ2v) is 8.19. The molecule has 144 valence electrons. The molecule has 0 radical (unpaired) electrons. The average Bonchev–Trinajstić information content (AvgIpc) is 2.61. The lowest BCUT2D eigenvalue weighted by atomic mass is 9.86. The highest BCUT2D eigenvalue weighted by Gasteiger charge is 2.23. The predicted octanol–water partition coefficient (Wildman–Crippen LogP) is 6.42. The highest BCUT2D eigenvalue weighted by Crippen LogP contribution is 2.27. The van der Waals surface area contributed by atoms with Crippen molar-refractivity contribution in [3.8, 4) is 0 Å². The molecule has 0 atom stereocenters. The van der Waals surface area contributed by atoms with Crippen LogP contribution in [-0.4, -0.2) is 22.6 Å². The topological polar surface area (TPSA) is 29.0 Å². The predicted molar refractivity (Wildman–Crippen MR) is 110 cm³/mol. The standard InChI is InChI=1S/C22H41N3/c1-7-11-14-19-17-23-21(24-18-19)25(16-15-22(5,6)10-4)20(12-8-2)13-9-3/h17-18,20H,7-16H2,1-6H3. The fourth-order valence-corrected chi connectivity index (χ4v) is 3.17. The van der Waals surface area contributed by atoms with Crippen molar-refractivity contribution < 1.29 is 0 Å². The zero-order chi connectivity index (χ0) is 18.7. The minimum Gasteiger partial charge on any atom is -0.338 e. The van der Waals surface area contributed by atoms with E-state index in [1.807, 2.05) is 12.4 Å². The zero-order valence-electron chi connectivity index (χ0n) is 17.6. The number of aromatic nitrogens is 2. The van der Waals surface area contributed by atoms with Crippen molar-refractivity contribution >= 4 is 5.95 Å². The summed E-state index contributed by atoms with van der Waals surface area (Å²) in [6, 6.07) is 0.559. The minimum absolute atomic E-state index is 0.377. The van der Waals surface area contributed by atoms with Gasteiger partial charge in [0, 0.05) is 25.0 Å². The normalized spacial score (nSPS) is 12.0. The number of nitrogens with zero attached hydrogens (tertiary/aromatic N) is 3. The first-order chi connectivity index (χ1) is 12.0. The largest absolute Gasteiger partial charge is 0.338 e. The van der Waals surface area contributed by atoms with Crippen LogP contribution in [0.25, 0.3) is 0 Å². The summed E-state index contributed by atoms with van der Waals surface area (Å²) in [7, 11) is 0. The van der Waals surface area contributed by atoms with Gasteiger partial charge in [-0.05, 0) is 43.1 Å². The van der Waals surface area contributed by atoms with Crippen LogP contribution in [0.3, 0.4) is 0 Å². The van der Waals surface area contributed by atoms with Crippen molar-refractivity contribution in [1.29, 1.82) is 0 Å². The van der Waals surface area contributed by atoms with E-state index in [4.69, 9.17) is 9.97 Å². The summed E-state index contributed by atoms with van der Waals surface area (Å²) < 4.78 is 0. The molecule has 1 rings (SSSR count). The Balaban J connectivity index is 2.94. The van der Waals surface area contributed by atoms with E-state index in [2.05, 4.69) is 46.4 Å². The van der Waals surface area contributed by atoms with E-state index in [1.54, 1.807) is 0 Å². The lowest BCUT2D eigenvalue weighted by Gasteiger charge is -2.34. The first-order valence-electron chi connectivity index (χ1n) is 10.5. The first-order valence-corrected chi connectivity index (χ1v) is 10.5. The van der Waals surface area contributed by atoms with Gasteiger partial charge in [-0.2, -0.15) is 0 Å². The van der Waals surface area contributed by atoms with Gasteiger partial charge >= 0.3 is 0 Å². The molecule has 0 spiro atoms. The van der Waals surface area contributed by atoms with E-state index in [9.17, 15) is 0 Å². The van der Waals surface area contributed by atoms with E-state index in [-0.39, 0.29) is 0 Å². The molecule has 0 bridgehead atoms. The third-order valence-electron chi connectivity index (χ3n) is 5.44. The maximum absolute atomic E-state index is 4.76. The number of aryl methyl sites for hydroxylation is 1. The van der Waals surface area contributed by atoms with Gasteiger partial charge in [0.05, 0.1) is 0 Å². The van der Waals surface area contributed by atoms with Gasteiger partial charge in [-0.25, -0.2) is 9.97 Å². The Morgan fingerprint density at radius 3 is 2.04 bits per heavy atom. The fraction of sp³-hybridized carbons (Fsp3) is 0.818. The molecule has 0 aromatic carbocycles. The third-order valence-corrected chi connectivity index (χ3v) is 5.44. The summed E-state index contributed by atoms with van der Waals surface area (Å²) in [4.78, 5) is 12.0. The Bertz CT molecular complexity index is 447. The lowest BCUT2D eigenvalue weighted by molar-refractivity contribution is 0.315. The second kappa shape index (κ2) is 11.5. The van der Waals surface area contributed by atoms with Gasteiger partial charge in [-0.3, -0.25) is 0 Å². The Labute approximate surface area is 156 Å². The monoisotopic (exact) mass is 347 g/mol. The molecule has 3 nitrogen and oxygen atoms in total. The molecule has 0 saturated heterocycles. The highest BCUT2D eigenvalue weighted by atomic mass is 15.3. The smallest absolute Gasteiger partial charge is 0.225 e. The molecule has 25 heavy (non-hydrogen) atoms. The van der Waals surface area contributed by atoms with Gasteiger partial charge in [0.2, 0.25) is 5.95 Å². The maximum Gasteiger partial charge on any atom is 0.225 e. The van der Waals surface area contributed by atoms with E-state index in [0.717, 1.165) is 18.9 Å². The van der Waals surface area contributed by atoms with Crippen molar-refractivity contribution in [2.24, 2.45) is 5.41 Å². The highest BCUT2D eigenvalue weighted by molar-refractivity contribution is 5.32. The molecule has 0 saturated carbocycles. The van der Waals surface area contributed by atoms with Crippen molar-refractivity contribution in [1.82, 2.24) is 9.97 Å². The molecule has 0 N–H and O–H groups in total. The summed E-state index contributed by atoms with van der Waals surface area (Å²) >= 11 is 0. The van der Waals surface area contributed by atoms with E-state index < -0.39 is 0 Å². The molecule has 0 fully saturated rings. The van der Waals surface area contributed by atoms with Crippen LogP contribution in [0.5, 0.6) is 0 Å². The number of anilines is 1. The van der Waals surface area contributed by atoms with Gasteiger partial charge in [0.25, 0.3) is 0 Å². The number of unbranched alkanes of at least 4 members (excludes halogenated alkanes) is 1. The molecule has 1 aromatic rings. The van der Waals surface area contributed by atoms with Crippen molar-refractivity contribution in [3.63, 3.8) is 0 Å². The van der Waals surface area contributed by atoms with Crippen molar-refractivity contribution in [3.05, 3.63) is 18.0 Å². The van der Waals surface area contributed by atoms with Crippen LogP contribution in [0.1, 0.15) is 98.5 Å². The molecule has 3 heteroatoms. The van der Waals surface area contributed by atoms with Crippen molar-refractivity contribution in [2.45, 2.75) is 105 Å². The van der Waals surface area contributed by atoms with E-state index in [0.29, 0.717) is 11.5 Å². The number of hydrogen-bond donors (Lipinski definition) is 0. The number of rotatable bonds is 13. The summed E-state index contributed by atoms with van der Waals surface area (Å²) in [6.07, 6.45) is 14.9. The van der Waals surface area contributed by atoms with Crippen LogP contribution in [0.4, 0.5) is 5.95 Å². The lowest BCUT2D eigenvalue weighted by Crippen LogP contribution is -2.39. The van der Waals surface area contributed by atoms with Crippen LogP contribution in [0.2, 0.25) is 0 Å². The Morgan fingerprint density at radius 1 is 0.960 bits per heavy atom. The zero-order valence-corrected chi connectivity index (χ0v) is 17.6. The van der Waals surface area contributed by atoms with E-state index >= 15 is 0 Å². The third kappa shape index (κ3) is 7.75. The summed E-state index contributed by atoms with van der Waals surface area (Å²) in [6.45, 7) is 14.9. The second-order valence-electron chi connectivity index (χ2n) is 8.19. The van der Waals surface area contributed by atoms with Crippen LogP contribution in [0.15, 0.2) is 12.4 Å². The molecule has 0 aliphatic heterocycles. The number of hydrogen-bond acceptors (Lipinski definition) is 3. The summed E-state index contributed by atoms with van der Waals surface area (Å²) in [5.74, 6) is 0.930. The Hall–Kier alpha value is -1.12. The molecular weight excluding hydrogens is 306 g/mol. The quantitative estimate of drug-likeness (QED) is 0.412.